The van der Waals surface area contributed by atoms with Crippen molar-refractivity contribution in [1.82, 2.24) is 5.32 Å². The molecule has 2 saturated carbocycles. The Bertz CT molecular complexity index is 1280. The number of carbonyl (C=O) groups excluding carboxylic acids is 1. The van der Waals surface area contributed by atoms with Gasteiger partial charge in [0.1, 0.15) is 42.7 Å². The van der Waals surface area contributed by atoms with Crippen LogP contribution >= 0.6 is 22.6 Å². The Labute approximate surface area is 359 Å². The first-order chi connectivity index (χ1) is 27.5. The van der Waals surface area contributed by atoms with E-state index in [4.69, 9.17) is 23.7 Å². The summed E-state index contributed by atoms with van der Waals surface area (Å²) in [5.41, 5.74) is 0. The van der Waals surface area contributed by atoms with Crippen LogP contribution in [-0.2, 0) is 33.3 Å². The lowest BCUT2D eigenvalue weighted by molar-refractivity contribution is -0.339. The number of aliphatic carboxylic acids is 1. The second kappa shape index (κ2) is 23.5. The zero-order chi connectivity index (χ0) is 42.7. The third kappa shape index (κ3) is 13.3. The first kappa shape index (κ1) is 49.7. The zero-order valence-electron chi connectivity index (χ0n) is 35.5. The van der Waals surface area contributed by atoms with Crippen molar-refractivity contribution in [3.8, 4) is 0 Å². The van der Waals surface area contributed by atoms with E-state index in [9.17, 15) is 40.2 Å². The maximum absolute atomic E-state index is 12.8. The Morgan fingerprint density at radius 2 is 1.59 bits per heavy atom. The van der Waals surface area contributed by atoms with Crippen LogP contribution in [0.25, 0.3) is 0 Å². The van der Waals surface area contributed by atoms with Crippen molar-refractivity contribution in [3.05, 3.63) is 12.2 Å². The highest BCUT2D eigenvalue weighted by atomic mass is 127. The van der Waals surface area contributed by atoms with Crippen LogP contribution in [0.3, 0.4) is 0 Å². The van der Waals surface area contributed by atoms with E-state index in [0.717, 1.165) is 38.5 Å². The summed E-state index contributed by atoms with van der Waals surface area (Å²) in [6, 6.07) is -1.18. The van der Waals surface area contributed by atoms with E-state index in [0.29, 0.717) is 18.8 Å². The summed E-state index contributed by atoms with van der Waals surface area (Å²) in [6.45, 7) is 10.7. The smallest absolute Gasteiger partial charge is 0.332 e. The normalized spacial score (nSPS) is 40.2. The summed E-state index contributed by atoms with van der Waals surface area (Å²) in [5.74, 6) is -0.978. The number of ether oxygens (including phenoxy) is 5. The number of rotatable bonds is 20. The molecule has 0 spiro atoms. The van der Waals surface area contributed by atoms with E-state index in [-0.39, 0.29) is 27.6 Å². The summed E-state index contributed by atoms with van der Waals surface area (Å²) in [7, 11) is 0. The number of aliphatic hydroxyl groups is 5. The van der Waals surface area contributed by atoms with Gasteiger partial charge in [-0.05, 0) is 63.2 Å². The Hall–Kier alpha value is -0.990. The molecule has 0 aromatic carbocycles. The fraction of sp³-hybridized carbons (Fsp3) is 0.907. The molecular formula is C43H74INO13. The predicted octanol–water partition coefficient (Wildman–Crippen LogP) is 4.77. The van der Waals surface area contributed by atoms with Crippen LogP contribution in [0.5, 0.6) is 0 Å². The van der Waals surface area contributed by atoms with E-state index >= 15 is 0 Å². The Kier molecular flexibility index (Phi) is 20.1. The number of hydrogen-bond acceptors (Lipinski definition) is 12. The monoisotopic (exact) mass is 939 g/mol. The maximum atomic E-state index is 12.8. The molecule has 0 aromatic rings. The van der Waals surface area contributed by atoms with E-state index in [2.05, 4.69) is 60.8 Å². The predicted molar refractivity (Wildman–Crippen MR) is 225 cm³/mol. The van der Waals surface area contributed by atoms with Crippen LogP contribution in [0, 0.1) is 23.7 Å². The van der Waals surface area contributed by atoms with Crippen molar-refractivity contribution >= 4 is 34.5 Å². The molecule has 9 unspecified atom stereocenters. The van der Waals surface area contributed by atoms with Gasteiger partial charge in [0.15, 0.2) is 18.7 Å². The van der Waals surface area contributed by atoms with Gasteiger partial charge in [-0.2, -0.15) is 0 Å². The minimum atomic E-state index is -1.55. The number of halogens is 1. The van der Waals surface area contributed by atoms with E-state index in [1.807, 2.05) is 6.92 Å². The quantitative estimate of drug-likeness (QED) is 0.0380. The molecule has 2 saturated heterocycles. The number of carboxylic acids is 1. The molecule has 4 fully saturated rings. The first-order valence-electron chi connectivity index (χ1n) is 22.0. The molecule has 14 nitrogen and oxygen atoms in total. The molecule has 7 N–H and O–H groups in total. The number of nitrogens with one attached hydrogen (secondary N) is 1. The second-order valence-electron chi connectivity index (χ2n) is 17.6. The molecule has 2 aliphatic carbocycles. The van der Waals surface area contributed by atoms with Gasteiger partial charge < -0.3 is 59.6 Å². The van der Waals surface area contributed by atoms with Crippen LogP contribution in [-0.4, -0.2) is 132 Å². The number of carboxylic acid groups (broad SMARTS) is 1. The molecule has 0 aromatic heterocycles. The van der Waals surface area contributed by atoms with Gasteiger partial charge >= 0.3 is 5.97 Å². The fourth-order valence-electron chi connectivity index (χ4n) is 9.50. The number of amides is 1. The molecule has 4 rings (SSSR count). The highest BCUT2D eigenvalue weighted by molar-refractivity contribution is 14.1. The van der Waals surface area contributed by atoms with Gasteiger partial charge in [-0.25, -0.2) is 4.79 Å². The van der Waals surface area contributed by atoms with Crippen molar-refractivity contribution < 1.29 is 63.9 Å². The first-order valence-corrected chi connectivity index (χ1v) is 23.1. The molecule has 4 aliphatic rings. The van der Waals surface area contributed by atoms with Crippen molar-refractivity contribution in [2.45, 2.75) is 215 Å². The lowest BCUT2D eigenvalue weighted by atomic mass is 9.71. The second-order valence-corrected chi connectivity index (χ2v) is 19.9. The standard InChI is InChI=1S/C43H74INO13/c1-7-10-12-13-14-26-15-17-27(18-16-26)20-31(40(52)53)55-39-33(45-25(5)47)41(57-32(23-46)35(39)49)56-30-22-29(43(6,44)19-11-8-2)21-28(9-3)38(30)58-42-37(51)36(50)34(48)24(4)54-42/h11,19,24,26-39,41-42,46,48-51H,7-10,12-18,20-23H2,1-6H3,(H,45,47)(H,52,53)/b19-11-/t24?,26?,27?,28?,29?,30-,31+,32?,33?,34-,35+,36?,37?,38-,39?,41-,42+,43?/m1/s1. The topological polar surface area (TPSA) is 214 Å². The van der Waals surface area contributed by atoms with Gasteiger partial charge in [0.05, 0.1) is 24.9 Å². The minimum absolute atomic E-state index is 0.0612. The van der Waals surface area contributed by atoms with E-state index in [1.165, 1.54) is 39.0 Å². The van der Waals surface area contributed by atoms with Gasteiger partial charge in [0.2, 0.25) is 5.91 Å². The molecule has 1 amide bonds. The lowest BCUT2D eigenvalue weighted by Gasteiger charge is -2.50. The van der Waals surface area contributed by atoms with Crippen molar-refractivity contribution in [2.75, 3.05) is 6.61 Å². The molecule has 58 heavy (non-hydrogen) atoms. The van der Waals surface area contributed by atoms with Crippen LogP contribution in [0.1, 0.15) is 131 Å². The molecule has 16 atom stereocenters. The number of carbonyl (C=O) groups is 2. The maximum Gasteiger partial charge on any atom is 0.332 e. The number of alkyl halides is 1. The third-order valence-electron chi connectivity index (χ3n) is 13.1. The van der Waals surface area contributed by atoms with Crippen molar-refractivity contribution in [1.29, 1.82) is 0 Å². The van der Waals surface area contributed by atoms with Gasteiger partial charge in [-0.3, -0.25) is 4.79 Å². The van der Waals surface area contributed by atoms with E-state index in [1.54, 1.807) is 6.92 Å². The average Bonchev–Trinajstić information content (AvgIpc) is 3.19. The fourth-order valence-corrected chi connectivity index (χ4v) is 10.3. The lowest BCUT2D eigenvalue weighted by Crippen LogP contribution is -2.67. The molecule has 0 radical (unpaired) electrons. The van der Waals surface area contributed by atoms with E-state index < -0.39 is 98.1 Å². The number of aliphatic hydroxyl groups excluding tert-OH is 5. The van der Waals surface area contributed by atoms with Gasteiger partial charge in [0, 0.05) is 10.3 Å². The van der Waals surface area contributed by atoms with Gasteiger partial charge in [-0.1, -0.05) is 120 Å². The molecule has 336 valence electrons. The van der Waals surface area contributed by atoms with Gasteiger partial charge in [-0.15, -0.1) is 0 Å². The molecular weight excluding hydrogens is 865 g/mol. The molecule has 15 heteroatoms. The van der Waals surface area contributed by atoms with Crippen LogP contribution in [0.4, 0.5) is 0 Å². The Balaban J connectivity index is 1.62. The largest absolute Gasteiger partial charge is 0.479 e. The molecule has 2 aliphatic heterocycles. The number of unbranched alkanes of at least 4 members (excludes halogenated alkanes) is 3. The minimum Gasteiger partial charge on any atom is -0.479 e. The van der Waals surface area contributed by atoms with Crippen molar-refractivity contribution in [3.63, 3.8) is 0 Å². The van der Waals surface area contributed by atoms with Crippen LogP contribution in [0.15, 0.2) is 12.2 Å². The van der Waals surface area contributed by atoms with Crippen LogP contribution < -0.4 is 5.32 Å². The number of hydrogen-bond donors (Lipinski definition) is 7. The van der Waals surface area contributed by atoms with Crippen LogP contribution in [0.2, 0.25) is 0 Å². The summed E-state index contributed by atoms with van der Waals surface area (Å²) in [6.07, 6.45) is 2.47. The average molecular weight is 940 g/mol. The Morgan fingerprint density at radius 3 is 2.19 bits per heavy atom. The highest BCUT2D eigenvalue weighted by Crippen LogP contribution is 2.46. The third-order valence-corrected chi connectivity index (χ3v) is 14.4. The molecule has 2 heterocycles. The number of allylic oxidation sites excluding steroid dienone is 2. The highest BCUT2D eigenvalue weighted by Gasteiger charge is 2.53. The summed E-state index contributed by atoms with van der Waals surface area (Å²) < 4.78 is 31.5. The SMILES string of the molecule is CC/C=C\C(C)(I)C1CC(CC)[C@@H](O[C@@H]2OC(C)[C@@H](O)C(O)C2O)[C@H](O[C@@H]2OC(CO)[C@H](O)C(O[C@@H](CC3CCC(CCCCCC)CC3)C(=O)O)C2NC(C)=O)C1. The molecule has 0 bridgehead atoms. The summed E-state index contributed by atoms with van der Waals surface area (Å²) in [4.78, 5) is 25.6. The van der Waals surface area contributed by atoms with Crippen molar-refractivity contribution in [2.24, 2.45) is 23.7 Å². The zero-order valence-corrected chi connectivity index (χ0v) is 37.7. The Morgan fingerprint density at radius 1 is 0.897 bits per heavy atom. The van der Waals surface area contributed by atoms with Gasteiger partial charge in [0.25, 0.3) is 0 Å². The summed E-state index contributed by atoms with van der Waals surface area (Å²) in [5, 5.41) is 67.3. The summed E-state index contributed by atoms with van der Waals surface area (Å²) >= 11 is 2.45.